The summed E-state index contributed by atoms with van der Waals surface area (Å²) in [6, 6.07) is 13.0. The van der Waals surface area contributed by atoms with Crippen LogP contribution in [0.2, 0.25) is 0 Å². The van der Waals surface area contributed by atoms with E-state index >= 15 is 0 Å². The fourth-order valence-electron chi connectivity index (χ4n) is 1.92. The molecule has 0 atom stereocenters. The molecule has 3 amide bonds. The highest BCUT2D eigenvalue weighted by molar-refractivity contribution is 5.95. The van der Waals surface area contributed by atoms with Crippen LogP contribution in [0.1, 0.15) is 12.5 Å². The van der Waals surface area contributed by atoms with Gasteiger partial charge < -0.3 is 20.7 Å². The van der Waals surface area contributed by atoms with Crippen molar-refractivity contribution in [3.8, 4) is 5.88 Å². The van der Waals surface area contributed by atoms with Gasteiger partial charge in [-0.05, 0) is 11.6 Å². The summed E-state index contributed by atoms with van der Waals surface area (Å²) in [6.07, 6.45) is 1.47. The third-order valence-electron chi connectivity index (χ3n) is 3.19. The van der Waals surface area contributed by atoms with E-state index in [1.807, 2.05) is 30.3 Å². The highest BCUT2D eigenvalue weighted by atomic mass is 16.5. The minimum atomic E-state index is -0.446. The summed E-state index contributed by atoms with van der Waals surface area (Å²) < 4.78 is 5.56. The van der Waals surface area contributed by atoms with Crippen LogP contribution < -0.4 is 20.7 Å². The lowest BCUT2D eigenvalue weighted by Gasteiger charge is -2.08. The van der Waals surface area contributed by atoms with Gasteiger partial charge in [-0.2, -0.15) is 0 Å². The van der Waals surface area contributed by atoms with Gasteiger partial charge in [-0.1, -0.05) is 30.3 Å². The van der Waals surface area contributed by atoms with Crippen LogP contribution in [0.5, 0.6) is 5.88 Å². The minimum absolute atomic E-state index is 0.169. The first-order valence-electron chi connectivity index (χ1n) is 7.96. The van der Waals surface area contributed by atoms with E-state index in [4.69, 9.17) is 4.74 Å². The van der Waals surface area contributed by atoms with Gasteiger partial charge in [0.15, 0.2) is 0 Å². The molecule has 0 bridgehead atoms. The number of anilines is 1. The van der Waals surface area contributed by atoms with Gasteiger partial charge in [0.2, 0.25) is 23.6 Å². The van der Waals surface area contributed by atoms with Crippen LogP contribution in [0.3, 0.4) is 0 Å². The van der Waals surface area contributed by atoms with E-state index in [0.29, 0.717) is 18.2 Å². The van der Waals surface area contributed by atoms with Crippen LogP contribution in [-0.4, -0.2) is 35.8 Å². The second kappa shape index (κ2) is 9.77. The number of rotatable bonds is 8. The Morgan fingerprint density at radius 3 is 2.35 bits per heavy atom. The van der Waals surface area contributed by atoms with Crippen molar-refractivity contribution < 1.29 is 19.1 Å². The number of amides is 3. The minimum Gasteiger partial charge on any atom is -0.473 e. The zero-order valence-corrected chi connectivity index (χ0v) is 14.3. The topological polar surface area (TPSA) is 109 Å². The molecule has 0 aliphatic rings. The number of hydrogen-bond donors (Lipinski definition) is 3. The first kappa shape index (κ1) is 18.9. The van der Waals surface area contributed by atoms with E-state index in [1.54, 1.807) is 12.1 Å². The number of nitrogens with zero attached hydrogens (tertiary/aromatic N) is 1. The highest BCUT2D eigenvalue weighted by Crippen LogP contribution is 2.13. The van der Waals surface area contributed by atoms with E-state index in [-0.39, 0.29) is 19.0 Å². The number of carbonyl (C=O) groups excluding carboxylic acids is 3. The third-order valence-corrected chi connectivity index (χ3v) is 3.19. The molecule has 0 saturated carbocycles. The standard InChI is InChI=1S/C18H20N4O4/c1-13(23)19-10-16(24)20-11-17(25)22-15-7-8-18(21-9-15)26-12-14-5-3-2-4-6-14/h2-9H,10-12H2,1H3,(H,19,23)(H,20,24)(H,22,25). The number of ether oxygens (including phenoxy) is 1. The molecule has 26 heavy (non-hydrogen) atoms. The number of pyridine rings is 1. The van der Waals surface area contributed by atoms with Crippen molar-refractivity contribution in [1.82, 2.24) is 15.6 Å². The van der Waals surface area contributed by atoms with Crippen LogP contribution in [0.25, 0.3) is 0 Å². The monoisotopic (exact) mass is 356 g/mol. The van der Waals surface area contributed by atoms with Crippen LogP contribution in [0, 0.1) is 0 Å². The molecule has 0 radical (unpaired) electrons. The zero-order chi connectivity index (χ0) is 18.8. The van der Waals surface area contributed by atoms with Crippen molar-refractivity contribution in [3.63, 3.8) is 0 Å². The van der Waals surface area contributed by atoms with Crippen molar-refractivity contribution in [2.75, 3.05) is 18.4 Å². The Kier molecular flexibility index (Phi) is 7.11. The maximum absolute atomic E-state index is 11.8. The van der Waals surface area contributed by atoms with Gasteiger partial charge in [-0.3, -0.25) is 14.4 Å². The van der Waals surface area contributed by atoms with Crippen LogP contribution in [0.15, 0.2) is 48.7 Å². The Morgan fingerprint density at radius 1 is 0.962 bits per heavy atom. The summed E-state index contributed by atoms with van der Waals surface area (Å²) in [5, 5.41) is 7.34. The summed E-state index contributed by atoms with van der Waals surface area (Å²) in [4.78, 5) is 38.0. The van der Waals surface area contributed by atoms with Crippen LogP contribution in [-0.2, 0) is 21.0 Å². The van der Waals surface area contributed by atoms with Gasteiger partial charge in [-0.25, -0.2) is 4.98 Å². The van der Waals surface area contributed by atoms with Crippen molar-refractivity contribution >= 4 is 23.4 Å². The zero-order valence-electron chi connectivity index (χ0n) is 14.3. The fraction of sp³-hybridized carbons (Fsp3) is 0.222. The number of aromatic nitrogens is 1. The fourth-order valence-corrected chi connectivity index (χ4v) is 1.92. The molecule has 1 aromatic carbocycles. The van der Waals surface area contributed by atoms with E-state index in [1.165, 1.54) is 13.1 Å². The van der Waals surface area contributed by atoms with Gasteiger partial charge in [-0.15, -0.1) is 0 Å². The molecule has 3 N–H and O–H groups in total. The van der Waals surface area contributed by atoms with Crippen LogP contribution in [0.4, 0.5) is 5.69 Å². The van der Waals surface area contributed by atoms with E-state index < -0.39 is 11.8 Å². The van der Waals surface area contributed by atoms with E-state index in [9.17, 15) is 14.4 Å². The van der Waals surface area contributed by atoms with Crippen molar-refractivity contribution in [1.29, 1.82) is 0 Å². The molecule has 1 aromatic heterocycles. The lowest BCUT2D eigenvalue weighted by atomic mass is 10.2. The van der Waals surface area contributed by atoms with Crippen LogP contribution >= 0.6 is 0 Å². The molecule has 0 aliphatic carbocycles. The largest absolute Gasteiger partial charge is 0.473 e. The summed E-state index contributed by atoms with van der Waals surface area (Å²) in [5.41, 5.74) is 1.51. The van der Waals surface area contributed by atoms with Gasteiger partial charge in [0.05, 0.1) is 25.0 Å². The summed E-state index contributed by atoms with van der Waals surface area (Å²) >= 11 is 0. The maximum Gasteiger partial charge on any atom is 0.243 e. The molecule has 2 rings (SSSR count). The van der Waals surface area contributed by atoms with Gasteiger partial charge >= 0.3 is 0 Å². The van der Waals surface area contributed by atoms with E-state index in [2.05, 4.69) is 20.9 Å². The number of nitrogens with one attached hydrogen (secondary N) is 3. The number of benzene rings is 1. The smallest absolute Gasteiger partial charge is 0.243 e. The molecule has 8 heteroatoms. The normalized spacial score (nSPS) is 9.88. The second-order valence-corrected chi connectivity index (χ2v) is 5.39. The lowest BCUT2D eigenvalue weighted by molar-refractivity contribution is -0.126. The molecule has 0 unspecified atom stereocenters. The number of carbonyl (C=O) groups is 3. The second-order valence-electron chi connectivity index (χ2n) is 5.39. The molecule has 8 nitrogen and oxygen atoms in total. The Labute approximate surface area is 151 Å². The van der Waals surface area contributed by atoms with Gasteiger partial charge in [0.25, 0.3) is 0 Å². The Hall–Kier alpha value is -3.42. The SMILES string of the molecule is CC(=O)NCC(=O)NCC(=O)Nc1ccc(OCc2ccccc2)nc1. The average molecular weight is 356 g/mol. The molecule has 1 heterocycles. The Bertz CT molecular complexity index is 748. The highest BCUT2D eigenvalue weighted by Gasteiger charge is 2.07. The Balaban J connectivity index is 1.73. The van der Waals surface area contributed by atoms with Crippen molar-refractivity contribution in [2.45, 2.75) is 13.5 Å². The predicted molar refractivity (Wildman–Crippen MR) is 95.3 cm³/mol. The van der Waals surface area contributed by atoms with Crippen molar-refractivity contribution in [3.05, 3.63) is 54.2 Å². The molecule has 0 aliphatic heterocycles. The molecule has 0 spiro atoms. The van der Waals surface area contributed by atoms with Gasteiger partial charge in [0.1, 0.15) is 6.61 Å². The first-order chi connectivity index (χ1) is 12.5. The van der Waals surface area contributed by atoms with Crippen molar-refractivity contribution in [2.24, 2.45) is 0 Å². The molecule has 0 saturated heterocycles. The summed E-state index contributed by atoms with van der Waals surface area (Å²) in [5.74, 6) is -0.722. The quantitative estimate of drug-likeness (QED) is 0.650. The third kappa shape index (κ3) is 7.00. The van der Waals surface area contributed by atoms with Gasteiger partial charge in [0, 0.05) is 13.0 Å². The molecule has 0 fully saturated rings. The predicted octanol–water partition coefficient (Wildman–Crippen LogP) is 0.851. The number of hydrogen-bond acceptors (Lipinski definition) is 5. The molecule has 136 valence electrons. The Morgan fingerprint density at radius 2 is 1.69 bits per heavy atom. The first-order valence-corrected chi connectivity index (χ1v) is 7.96. The molecule has 2 aromatic rings. The molecular formula is C18H20N4O4. The summed E-state index contributed by atoms with van der Waals surface area (Å²) in [7, 11) is 0. The summed E-state index contributed by atoms with van der Waals surface area (Å²) in [6.45, 7) is 1.34. The maximum atomic E-state index is 11.8. The average Bonchev–Trinajstić information content (AvgIpc) is 2.65. The molecular weight excluding hydrogens is 336 g/mol. The lowest BCUT2D eigenvalue weighted by Crippen LogP contribution is -2.39. The van der Waals surface area contributed by atoms with E-state index in [0.717, 1.165) is 5.56 Å².